The summed E-state index contributed by atoms with van der Waals surface area (Å²) in [5, 5.41) is 4.94. The monoisotopic (exact) mass is 327 g/mol. The summed E-state index contributed by atoms with van der Waals surface area (Å²) in [6.07, 6.45) is 1.53. The molecule has 21 heavy (non-hydrogen) atoms. The van der Waals surface area contributed by atoms with E-state index in [4.69, 9.17) is 0 Å². The molecule has 0 spiro atoms. The molecule has 2 aromatic rings. The van der Waals surface area contributed by atoms with Crippen molar-refractivity contribution in [1.29, 1.82) is 0 Å². The highest BCUT2D eigenvalue weighted by Gasteiger charge is 2.25. The van der Waals surface area contributed by atoms with Crippen molar-refractivity contribution < 1.29 is 8.42 Å². The van der Waals surface area contributed by atoms with Crippen LogP contribution in [-0.4, -0.2) is 20.4 Å². The van der Waals surface area contributed by atoms with Gasteiger partial charge in [-0.3, -0.25) is 0 Å². The number of thiophene rings is 1. The summed E-state index contributed by atoms with van der Waals surface area (Å²) < 4.78 is 27.8. The largest absolute Gasteiger partial charge is 0.363 e. The van der Waals surface area contributed by atoms with E-state index in [0.29, 0.717) is 6.54 Å². The first-order chi connectivity index (χ1) is 9.94. The molecular formula is C14H21N3O2S2. The van der Waals surface area contributed by atoms with Crippen LogP contribution in [0.1, 0.15) is 30.5 Å². The highest BCUT2D eigenvalue weighted by atomic mass is 32.2. The summed E-state index contributed by atoms with van der Waals surface area (Å²) in [6.45, 7) is 4.63. The number of aromatic amines is 1. The number of hydrogen-bond acceptors (Lipinski definition) is 4. The van der Waals surface area contributed by atoms with Crippen LogP contribution >= 0.6 is 11.3 Å². The van der Waals surface area contributed by atoms with E-state index >= 15 is 0 Å². The lowest BCUT2D eigenvalue weighted by Gasteiger charge is -2.20. The van der Waals surface area contributed by atoms with Gasteiger partial charge in [-0.05, 0) is 30.5 Å². The number of aromatic nitrogens is 1. The molecule has 0 aliphatic rings. The van der Waals surface area contributed by atoms with Crippen molar-refractivity contribution in [2.75, 3.05) is 7.05 Å². The first-order valence-electron chi connectivity index (χ1n) is 6.81. The van der Waals surface area contributed by atoms with Crippen molar-refractivity contribution in [2.24, 2.45) is 5.92 Å². The Morgan fingerprint density at radius 1 is 1.38 bits per heavy atom. The summed E-state index contributed by atoms with van der Waals surface area (Å²) in [6, 6.07) is 5.34. The molecular weight excluding hydrogens is 306 g/mol. The van der Waals surface area contributed by atoms with Crippen LogP contribution in [0.3, 0.4) is 0 Å². The molecule has 0 radical (unpaired) electrons. The second kappa shape index (κ2) is 6.74. The van der Waals surface area contributed by atoms with Crippen LogP contribution in [-0.2, 0) is 16.6 Å². The van der Waals surface area contributed by atoms with Crippen molar-refractivity contribution in [3.63, 3.8) is 0 Å². The lowest BCUT2D eigenvalue weighted by molar-refractivity contribution is 0.469. The second-order valence-corrected chi connectivity index (χ2v) is 7.94. The fourth-order valence-electron chi connectivity index (χ4n) is 2.09. The van der Waals surface area contributed by atoms with Gasteiger partial charge in [0.1, 0.15) is 0 Å². The Kier molecular flexibility index (Phi) is 5.21. The maximum absolute atomic E-state index is 12.5. The lowest BCUT2D eigenvalue weighted by Crippen LogP contribution is -2.31. The molecule has 0 saturated carbocycles. The molecule has 3 N–H and O–H groups in total. The number of H-pyrrole nitrogens is 1. The summed E-state index contributed by atoms with van der Waals surface area (Å²) >= 11 is 1.56. The number of sulfonamides is 1. The van der Waals surface area contributed by atoms with Crippen molar-refractivity contribution in [1.82, 2.24) is 15.0 Å². The average Bonchev–Trinajstić information content (AvgIpc) is 3.07. The molecule has 0 aliphatic carbocycles. The third kappa shape index (κ3) is 3.94. The van der Waals surface area contributed by atoms with Crippen molar-refractivity contribution >= 4 is 21.4 Å². The lowest BCUT2D eigenvalue weighted by atomic mass is 10.0. The van der Waals surface area contributed by atoms with E-state index in [1.807, 2.05) is 38.4 Å². The minimum Gasteiger partial charge on any atom is -0.363 e. The minimum atomic E-state index is -3.53. The first kappa shape index (κ1) is 16.2. The molecule has 2 aromatic heterocycles. The summed E-state index contributed by atoms with van der Waals surface area (Å²) in [5.74, 6) is 0.175. The molecule has 0 fully saturated rings. The van der Waals surface area contributed by atoms with E-state index in [0.717, 1.165) is 10.6 Å². The van der Waals surface area contributed by atoms with Gasteiger partial charge in [0.15, 0.2) is 0 Å². The quantitative estimate of drug-likeness (QED) is 0.731. The van der Waals surface area contributed by atoms with Crippen LogP contribution in [0.25, 0.3) is 0 Å². The second-order valence-electron chi connectivity index (χ2n) is 5.25. The third-order valence-corrected chi connectivity index (χ3v) is 5.57. The van der Waals surface area contributed by atoms with Gasteiger partial charge >= 0.3 is 0 Å². The number of rotatable bonds is 7. The van der Waals surface area contributed by atoms with Crippen LogP contribution in [0.4, 0.5) is 0 Å². The zero-order valence-corrected chi connectivity index (χ0v) is 14.0. The minimum absolute atomic E-state index is 0.175. The summed E-state index contributed by atoms with van der Waals surface area (Å²) in [4.78, 5) is 4.27. The van der Waals surface area contributed by atoms with Gasteiger partial charge in [-0.15, -0.1) is 11.3 Å². The van der Waals surface area contributed by atoms with E-state index in [9.17, 15) is 8.42 Å². The van der Waals surface area contributed by atoms with E-state index in [2.05, 4.69) is 15.0 Å². The molecule has 0 amide bonds. The Labute approximate surface area is 129 Å². The Morgan fingerprint density at radius 2 is 2.14 bits per heavy atom. The smallest absolute Gasteiger partial charge is 0.242 e. The Hall–Kier alpha value is -1.15. The number of hydrogen-bond donors (Lipinski definition) is 3. The SMILES string of the molecule is CNCc1cc(S(=O)(=O)NC(c2cccs2)C(C)C)c[nH]1. The van der Waals surface area contributed by atoms with Crippen molar-refractivity contribution in [3.05, 3.63) is 40.3 Å². The fraction of sp³-hybridized carbons (Fsp3) is 0.429. The van der Waals surface area contributed by atoms with Gasteiger partial charge in [-0.25, -0.2) is 13.1 Å². The molecule has 7 heteroatoms. The topological polar surface area (TPSA) is 74.0 Å². The summed E-state index contributed by atoms with van der Waals surface area (Å²) in [7, 11) is -1.71. The highest BCUT2D eigenvalue weighted by molar-refractivity contribution is 7.89. The number of nitrogens with one attached hydrogen (secondary N) is 3. The van der Waals surface area contributed by atoms with Gasteiger partial charge in [0.05, 0.1) is 10.9 Å². The van der Waals surface area contributed by atoms with E-state index in [-0.39, 0.29) is 16.9 Å². The van der Waals surface area contributed by atoms with Crippen molar-refractivity contribution in [3.8, 4) is 0 Å². The normalized spacial score (nSPS) is 13.7. The van der Waals surface area contributed by atoms with Gasteiger partial charge in [0.2, 0.25) is 10.0 Å². The molecule has 116 valence electrons. The molecule has 0 saturated heterocycles. The molecule has 5 nitrogen and oxygen atoms in total. The predicted octanol–water partition coefficient (Wildman–Crippen LogP) is 2.47. The molecule has 2 heterocycles. The van der Waals surface area contributed by atoms with Crippen LogP contribution in [0.15, 0.2) is 34.7 Å². The van der Waals surface area contributed by atoms with E-state index in [1.165, 1.54) is 6.20 Å². The predicted molar refractivity (Wildman–Crippen MR) is 85.8 cm³/mol. The zero-order chi connectivity index (χ0) is 15.5. The van der Waals surface area contributed by atoms with Crippen LogP contribution in [0, 0.1) is 5.92 Å². The first-order valence-corrected chi connectivity index (χ1v) is 9.18. The van der Waals surface area contributed by atoms with Gasteiger partial charge in [-0.1, -0.05) is 19.9 Å². The average molecular weight is 327 g/mol. The third-order valence-electron chi connectivity index (χ3n) is 3.19. The van der Waals surface area contributed by atoms with Gasteiger partial charge in [-0.2, -0.15) is 0 Å². The van der Waals surface area contributed by atoms with Crippen LogP contribution in [0.5, 0.6) is 0 Å². The van der Waals surface area contributed by atoms with E-state index < -0.39 is 10.0 Å². The molecule has 0 aromatic carbocycles. The van der Waals surface area contributed by atoms with Crippen LogP contribution < -0.4 is 10.0 Å². The van der Waals surface area contributed by atoms with E-state index in [1.54, 1.807) is 17.4 Å². The van der Waals surface area contributed by atoms with Crippen molar-refractivity contribution in [2.45, 2.75) is 31.3 Å². The van der Waals surface area contributed by atoms with Gasteiger partial charge in [0.25, 0.3) is 0 Å². The summed E-state index contributed by atoms with van der Waals surface area (Å²) in [5.41, 5.74) is 0.843. The highest BCUT2D eigenvalue weighted by Crippen LogP contribution is 2.27. The molecule has 1 atom stereocenters. The van der Waals surface area contributed by atoms with Crippen LogP contribution in [0.2, 0.25) is 0 Å². The maximum atomic E-state index is 12.5. The Bertz CT molecular complexity index is 660. The molecule has 0 aliphatic heterocycles. The van der Waals surface area contributed by atoms with Gasteiger partial charge < -0.3 is 10.3 Å². The van der Waals surface area contributed by atoms with Gasteiger partial charge in [0, 0.05) is 23.3 Å². The standard InChI is InChI=1S/C14H21N3O2S2/c1-10(2)14(13-5-4-6-20-13)17-21(18,19)12-7-11(8-15-3)16-9-12/h4-7,9-10,14-17H,8H2,1-3H3. The Morgan fingerprint density at radius 3 is 2.71 bits per heavy atom. The maximum Gasteiger partial charge on any atom is 0.242 e. The Balaban J connectivity index is 2.22. The molecule has 2 rings (SSSR count). The molecule has 0 bridgehead atoms. The molecule has 1 unspecified atom stereocenters. The fourth-order valence-corrected chi connectivity index (χ4v) is 4.50. The zero-order valence-electron chi connectivity index (χ0n) is 12.4.